The van der Waals surface area contributed by atoms with Gasteiger partial charge < -0.3 is 15.8 Å². The maximum atomic E-state index is 12.0. The van der Waals surface area contributed by atoms with Gasteiger partial charge in [0.05, 0.1) is 5.69 Å². The van der Waals surface area contributed by atoms with Gasteiger partial charge in [-0.1, -0.05) is 0 Å². The molecular formula is C14H14F3N3O3S. The van der Waals surface area contributed by atoms with E-state index in [1.807, 2.05) is 13.0 Å². The third-order valence-electron chi connectivity index (χ3n) is 3.03. The lowest BCUT2D eigenvalue weighted by Gasteiger charge is -2.08. The lowest BCUT2D eigenvalue weighted by molar-refractivity contribution is -0.140. The Hall–Kier alpha value is -2.36. The van der Waals surface area contributed by atoms with Crippen LogP contribution in [0.5, 0.6) is 0 Å². The third kappa shape index (κ3) is 4.13. The SMILES string of the molecule is Cc1cc(C)c2c(N)c(C(=O)OCC(=O)NCC(F)(F)F)sc2n1. The Morgan fingerprint density at radius 2 is 2.04 bits per heavy atom. The van der Waals surface area contributed by atoms with Crippen LogP contribution in [0.15, 0.2) is 6.07 Å². The number of esters is 1. The fourth-order valence-corrected chi connectivity index (χ4v) is 3.18. The average molecular weight is 361 g/mol. The van der Waals surface area contributed by atoms with Crippen LogP contribution in [-0.4, -0.2) is 36.2 Å². The molecule has 0 aliphatic carbocycles. The van der Waals surface area contributed by atoms with E-state index in [0.29, 0.717) is 10.2 Å². The number of carbonyl (C=O) groups excluding carboxylic acids is 2. The molecule has 0 radical (unpaired) electrons. The summed E-state index contributed by atoms with van der Waals surface area (Å²) in [6.07, 6.45) is -4.53. The Bertz CT molecular complexity index is 802. The Morgan fingerprint density at radius 3 is 2.67 bits per heavy atom. The molecule has 0 aliphatic heterocycles. The molecule has 0 bridgehead atoms. The number of nitrogens with two attached hydrogens (primary N) is 1. The van der Waals surface area contributed by atoms with E-state index in [1.165, 1.54) is 0 Å². The molecule has 0 aliphatic rings. The molecule has 6 nitrogen and oxygen atoms in total. The van der Waals surface area contributed by atoms with Crippen LogP contribution < -0.4 is 11.1 Å². The van der Waals surface area contributed by atoms with Crippen LogP contribution in [-0.2, 0) is 9.53 Å². The number of alkyl halides is 3. The number of aromatic nitrogens is 1. The summed E-state index contributed by atoms with van der Waals surface area (Å²) in [6.45, 7) is 1.30. The van der Waals surface area contributed by atoms with E-state index in [0.717, 1.165) is 22.6 Å². The van der Waals surface area contributed by atoms with Crippen LogP contribution in [0.3, 0.4) is 0 Å². The lowest BCUT2D eigenvalue weighted by Crippen LogP contribution is -2.36. The second kappa shape index (κ2) is 6.63. The average Bonchev–Trinajstić information content (AvgIpc) is 2.78. The Labute approximate surface area is 138 Å². The first kappa shape index (κ1) is 18.0. The molecule has 24 heavy (non-hydrogen) atoms. The lowest BCUT2D eigenvalue weighted by atomic mass is 10.1. The minimum absolute atomic E-state index is 0.0646. The highest BCUT2D eigenvalue weighted by Crippen LogP contribution is 2.35. The van der Waals surface area contributed by atoms with Crippen LogP contribution in [0.2, 0.25) is 0 Å². The predicted octanol–water partition coefficient (Wildman–Crippen LogP) is 2.33. The van der Waals surface area contributed by atoms with Crippen molar-refractivity contribution in [1.82, 2.24) is 10.3 Å². The molecule has 0 saturated heterocycles. The van der Waals surface area contributed by atoms with Gasteiger partial charge in [0.2, 0.25) is 0 Å². The standard InChI is InChI=1S/C14H14F3N3O3S/c1-6-3-7(2)20-12-9(6)10(18)11(24-12)13(22)23-4-8(21)19-5-14(15,16)17/h3H,4-5,18H2,1-2H3,(H,19,21). The predicted molar refractivity (Wildman–Crippen MR) is 82.9 cm³/mol. The molecule has 0 fully saturated rings. The number of aryl methyl sites for hydroxylation is 2. The number of nitrogens with zero attached hydrogens (tertiary/aromatic N) is 1. The van der Waals surface area contributed by atoms with Crippen molar-refractivity contribution in [3.63, 3.8) is 0 Å². The molecule has 0 spiro atoms. The van der Waals surface area contributed by atoms with Crippen molar-refractivity contribution in [2.75, 3.05) is 18.9 Å². The number of halogens is 3. The largest absolute Gasteiger partial charge is 0.451 e. The van der Waals surface area contributed by atoms with Crippen molar-refractivity contribution >= 4 is 39.1 Å². The molecule has 2 aromatic heterocycles. The van der Waals surface area contributed by atoms with Gasteiger partial charge in [0.15, 0.2) is 6.61 Å². The highest BCUT2D eigenvalue weighted by Gasteiger charge is 2.28. The summed E-state index contributed by atoms with van der Waals surface area (Å²) in [5.74, 6) is -1.93. The quantitative estimate of drug-likeness (QED) is 0.815. The van der Waals surface area contributed by atoms with E-state index in [9.17, 15) is 22.8 Å². The van der Waals surface area contributed by atoms with Gasteiger partial charge in [0.1, 0.15) is 16.3 Å². The summed E-state index contributed by atoms with van der Waals surface area (Å²) in [7, 11) is 0. The number of anilines is 1. The van der Waals surface area contributed by atoms with Crippen molar-refractivity contribution in [3.05, 3.63) is 22.2 Å². The first-order chi connectivity index (χ1) is 11.1. The maximum Gasteiger partial charge on any atom is 0.405 e. The van der Waals surface area contributed by atoms with Crippen LogP contribution in [0.4, 0.5) is 18.9 Å². The molecule has 2 heterocycles. The number of hydrogen-bond acceptors (Lipinski definition) is 6. The minimum atomic E-state index is -4.53. The van der Waals surface area contributed by atoms with Crippen LogP contribution in [0.25, 0.3) is 10.2 Å². The molecule has 130 valence electrons. The maximum absolute atomic E-state index is 12.0. The molecular weight excluding hydrogens is 347 g/mol. The number of carbonyl (C=O) groups is 2. The van der Waals surface area contributed by atoms with Crippen molar-refractivity contribution in [2.24, 2.45) is 0 Å². The number of pyridine rings is 1. The third-order valence-corrected chi connectivity index (χ3v) is 4.11. The van der Waals surface area contributed by atoms with Crippen LogP contribution in [0, 0.1) is 13.8 Å². The minimum Gasteiger partial charge on any atom is -0.451 e. The van der Waals surface area contributed by atoms with Gasteiger partial charge in [-0.3, -0.25) is 4.79 Å². The van der Waals surface area contributed by atoms with Crippen molar-refractivity contribution in [2.45, 2.75) is 20.0 Å². The summed E-state index contributed by atoms with van der Waals surface area (Å²) < 4.78 is 40.7. The van der Waals surface area contributed by atoms with Gasteiger partial charge in [-0.15, -0.1) is 11.3 Å². The van der Waals surface area contributed by atoms with Gasteiger partial charge in [-0.05, 0) is 25.5 Å². The van der Waals surface area contributed by atoms with E-state index in [-0.39, 0.29) is 10.6 Å². The molecule has 0 aromatic carbocycles. The molecule has 0 saturated carbocycles. The number of rotatable bonds is 4. The first-order valence-corrected chi connectivity index (χ1v) is 7.57. The van der Waals surface area contributed by atoms with Gasteiger partial charge in [0, 0.05) is 11.1 Å². The van der Waals surface area contributed by atoms with Crippen molar-refractivity contribution in [3.8, 4) is 0 Å². The molecule has 0 atom stereocenters. The topological polar surface area (TPSA) is 94.3 Å². The molecule has 2 rings (SSSR count). The van der Waals surface area contributed by atoms with Gasteiger partial charge >= 0.3 is 12.1 Å². The molecule has 1 amide bonds. The fraction of sp³-hybridized carbons (Fsp3) is 0.357. The van der Waals surface area contributed by atoms with Gasteiger partial charge in [-0.2, -0.15) is 13.2 Å². The highest BCUT2D eigenvalue weighted by atomic mass is 32.1. The Kier molecular flexibility index (Phi) is 4.97. The van der Waals surface area contributed by atoms with Gasteiger partial charge in [-0.25, -0.2) is 9.78 Å². The van der Waals surface area contributed by atoms with Crippen LogP contribution >= 0.6 is 11.3 Å². The van der Waals surface area contributed by atoms with E-state index in [2.05, 4.69) is 4.98 Å². The number of hydrogen-bond donors (Lipinski definition) is 2. The van der Waals surface area contributed by atoms with Gasteiger partial charge in [0.25, 0.3) is 5.91 Å². The molecule has 3 N–H and O–H groups in total. The Morgan fingerprint density at radius 1 is 1.38 bits per heavy atom. The van der Waals surface area contributed by atoms with Crippen LogP contribution in [0.1, 0.15) is 20.9 Å². The zero-order chi connectivity index (χ0) is 18.1. The molecule has 10 heteroatoms. The summed E-state index contributed by atoms with van der Waals surface area (Å²) in [5, 5.41) is 2.23. The summed E-state index contributed by atoms with van der Waals surface area (Å²) >= 11 is 1.01. The number of thiophene rings is 1. The number of fused-ring (bicyclic) bond motifs is 1. The van der Waals surface area contributed by atoms with E-state index < -0.39 is 31.2 Å². The second-order valence-electron chi connectivity index (χ2n) is 5.07. The monoisotopic (exact) mass is 361 g/mol. The fourth-order valence-electron chi connectivity index (χ4n) is 2.07. The number of nitrogen functional groups attached to an aromatic ring is 1. The number of ether oxygens (including phenoxy) is 1. The Balaban J connectivity index is 2.08. The number of nitrogens with one attached hydrogen (secondary N) is 1. The van der Waals surface area contributed by atoms with E-state index in [1.54, 1.807) is 12.2 Å². The van der Waals surface area contributed by atoms with Crippen molar-refractivity contribution in [1.29, 1.82) is 0 Å². The summed E-state index contributed by atoms with van der Waals surface area (Å²) in [5.41, 5.74) is 7.71. The molecule has 0 unspecified atom stereocenters. The van der Waals surface area contributed by atoms with E-state index in [4.69, 9.17) is 10.5 Å². The highest BCUT2D eigenvalue weighted by molar-refractivity contribution is 7.21. The molecule has 2 aromatic rings. The zero-order valence-corrected chi connectivity index (χ0v) is 13.6. The van der Waals surface area contributed by atoms with E-state index >= 15 is 0 Å². The number of amides is 1. The second-order valence-corrected chi connectivity index (χ2v) is 6.07. The zero-order valence-electron chi connectivity index (χ0n) is 12.8. The smallest absolute Gasteiger partial charge is 0.405 e. The van der Waals surface area contributed by atoms with Crippen molar-refractivity contribution < 1.29 is 27.5 Å². The summed E-state index contributed by atoms with van der Waals surface area (Å²) in [4.78, 5) is 28.2. The first-order valence-electron chi connectivity index (χ1n) is 6.75. The summed E-state index contributed by atoms with van der Waals surface area (Å²) in [6, 6.07) is 1.81. The normalized spacial score (nSPS) is 11.5.